The highest BCUT2D eigenvalue weighted by Crippen LogP contribution is 2.37. The van der Waals surface area contributed by atoms with Gasteiger partial charge in [-0.3, -0.25) is 9.59 Å². The molecule has 0 aliphatic carbocycles. The number of ketones is 2. The monoisotopic (exact) mass is 400 g/mol. The van der Waals surface area contributed by atoms with Crippen molar-refractivity contribution in [1.29, 1.82) is 0 Å². The van der Waals surface area contributed by atoms with Gasteiger partial charge in [0, 0.05) is 11.6 Å². The molecule has 0 bridgehead atoms. The van der Waals surface area contributed by atoms with Gasteiger partial charge in [0.2, 0.25) is 5.78 Å². The van der Waals surface area contributed by atoms with E-state index in [0.29, 0.717) is 22.6 Å². The Morgan fingerprint density at radius 1 is 1.00 bits per heavy atom. The zero-order chi connectivity index (χ0) is 21.1. The van der Waals surface area contributed by atoms with Crippen LogP contribution in [0.5, 0.6) is 17.2 Å². The fourth-order valence-electron chi connectivity index (χ4n) is 3.27. The van der Waals surface area contributed by atoms with E-state index in [4.69, 9.17) is 14.2 Å². The Balaban J connectivity index is 1.52. The minimum atomic E-state index is -0.176. The molecule has 0 saturated heterocycles. The number of ether oxygens (including phenoxy) is 3. The topological polar surface area (TPSA) is 61.8 Å². The number of hydrogen-bond donors (Lipinski definition) is 0. The normalized spacial score (nSPS) is 13.7. The van der Waals surface area contributed by atoms with Crippen LogP contribution in [0.3, 0.4) is 0 Å². The predicted molar refractivity (Wildman–Crippen MR) is 113 cm³/mol. The van der Waals surface area contributed by atoms with Crippen molar-refractivity contribution in [2.75, 3.05) is 13.7 Å². The summed E-state index contributed by atoms with van der Waals surface area (Å²) in [6.45, 7) is 1.73. The molecule has 0 aromatic heterocycles. The van der Waals surface area contributed by atoms with Gasteiger partial charge in [-0.2, -0.15) is 0 Å². The molecular formula is C25H20O5. The third kappa shape index (κ3) is 3.96. The van der Waals surface area contributed by atoms with E-state index in [0.717, 1.165) is 16.9 Å². The first-order valence-corrected chi connectivity index (χ1v) is 9.49. The molecule has 30 heavy (non-hydrogen) atoms. The molecule has 3 aromatic carbocycles. The maximum Gasteiger partial charge on any atom is 0.232 e. The fraction of sp³-hybridized carbons (Fsp3) is 0.120. The summed E-state index contributed by atoms with van der Waals surface area (Å²) in [7, 11) is 1.60. The molecule has 3 aromatic rings. The SMILES string of the molecule is COc1ccc(/C=C2\Oc3cc(OCC(=O)c4ccccc4)cc(C)c3C2=O)cc1. The average molecular weight is 400 g/mol. The van der Waals surface area contributed by atoms with Crippen LogP contribution in [0.25, 0.3) is 6.08 Å². The smallest absolute Gasteiger partial charge is 0.232 e. The molecule has 0 radical (unpaired) electrons. The summed E-state index contributed by atoms with van der Waals surface area (Å²) in [4.78, 5) is 25.1. The van der Waals surface area contributed by atoms with Gasteiger partial charge in [-0.1, -0.05) is 42.5 Å². The van der Waals surface area contributed by atoms with E-state index in [1.807, 2.05) is 49.4 Å². The zero-order valence-electron chi connectivity index (χ0n) is 16.7. The highest BCUT2D eigenvalue weighted by atomic mass is 16.5. The lowest BCUT2D eigenvalue weighted by atomic mass is 10.0. The van der Waals surface area contributed by atoms with Crippen LogP contribution >= 0.6 is 0 Å². The highest BCUT2D eigenvalue weighted by Gasteiger charge is 2.30. The van der Waals surface area contributed by atoms with E-state index in [1.165, 1.54) is 0 Å². The van der Waals surface area contributed by atoms with Gasteiger partial charge in [0.15, 0.2) is 18.1 Å². The van der Waals surface area contributed by atoms with Crippen LogP contribution in [0.15, 0.2) is 72.5 Å². The number of allylic oxidation sites excluding steroid dienone is 1. The number of carbonyl (C=O) groups excluding carboxylic acids is 2. The quantitative estimate of drug-likeness (QED) is 0.436. The molecule has 0 saturated carbocycles. The van der Waals surface area contributed by atoms with Crippen molar-refractivity contribution in [2.24, 2.45) is 0 Å². The number of rotatable bonds is 6. The summed E-state index contributed by atoms with van der Waals surface area (Å²) >= 11 is 0. The van der Waals surface area contributed by atoms with Gasteiger partial charge in [0.25, 0.3) is 0 Å². The molecule has 5 nitrogen and oxygen atoms in total. The van der Waals surface area contributed by atoms with Crippen LogP contribution < -0.4 is 14.2 Å². The average Bonchev–Trinajstić information content (AvgIpc) is 3.08. The third-order valence-corrected chi connectivity index (χ3v) is 4.82. The fourth-order valence-corrected chi connectivity index (χ4v) is 3.27. The second kappa shape index (κ2) is 8.25. The molecule has 0 amide bonds. The van der Waals surface area contributed by atoms with Crippen LogP contribution in [0.1, 0.15) is 31.8 Å². The van der Waals surface area contributed by atoms with E-state index >= 15 is 0 Å². The maximum absolute atomic E-state index is 12.8. The van der Waals surface area contributed by atoms with Gasteiger partial charge >= 0.3 is 0 Å². The lowest BCUT2D eigenvalue weighted by molar-refractivity contribution is 0.0920. The Morgan fingerprint density at radius 2 is 1.73 bits per heavy atom. The van der Waals surface area contributed by atoms with Gasteiger partial charge in [0.05, 0.1) is 12.7 Å². The summed E-state index contributed by atoms with van der Waals surface area (Å²) in [6, 6.07) is 19.7. The largest absolute Gasteiger partial charge is 0.497 e. The summed E-state index contributed by atoms with van der Waals surface area (Å²) < 4.78 is 16.6. The molecule has 1 aliphatic rings. The predicted octanol–water partition coefficient (Wildman–Crippen LogP) is 4.88. The number of methoxy groups -OCH3 is 1. The van der Waals surface area contributed by atoms with Crippen LogP contribution in [0.4, 0.5) is 0 Å². The minimum Gasteiger partial charge on any atom is -0.497 e. The first kappa shape index (κ1) is 19.5. The Morgan fingerprint density at radius 3 is 2.43 bits per heavy atom. The number of aryl methyl sites for hydroxylation is 1. The lowest BCUT2D eigenvalue weighted by Crippen LogP contribution is -2.11. The van der Waals surface area contributed by atoms with Crippen molar-refractivity contribution < 1.29 is 23.8 Å². The summed E-state index contributed by atoms with van der Waals surface area (Å²) in [5.74, 6) is 1.60. The Bertz CT molecular complexity index is 1130. The van der Waals surface area contributed by atoms with Gasteiger partial charge in [-0.05, 0) is 42.3 Å². The maximum atomic E-state index is 12.8. The van der Waals surface area contributed by atoms with Crippen molar-refractivity contribution in [2.45, 2.75) is 6.92 Å². The number of carbonyl (C=O) groups is 2. The molecule has 0 spiro atoms. The molecule has 1 heterocycles. The summed E-state index contributed by atoms with van der Waals surface area (Å²) in [5.41, 5.74) is 2.66. The molecule has 0 N–H and O–H groups in total. The van der Waals surface area contributed by atoms with Crippen molar-refractivity contribution in [1.82, 2.24) is 0 Å². The summed E-state index contributed by atoms with van der Waals surface area (Å²) in [6.07, 6.45) is 1.70. The number of fused-ring (bicyclic) bond motifs is 1. The van der Waals surface area contributed by atoms with Crippen LogP contribution in [-0.2, 0) is 0 Å². The van der Waals surface area contributed by atoms with Crippen molar-refractivity contribution >= 4 is 17.6 Å². The second-order valence-electron chi connectivity index (χ2n) is 6.90. The number of hydrogen-bond acceptors (Lipinski definition) is 5. The molecule has 150 valence electrons. The first-order valence-electron chi connectivity index (χ1n) is 9.49. The molecule has 0 atom stereocenters. The second-order valence-corrected chi connectivity index (χ2v) is 6.90. The molecule has 0 fully saturated rings. The molecular weight excluding hydrogens is 380 g/mol. The van der Waals surface area contributed by atoms with E-state index in [9.17, 15) is 9.59 Å². The number of benzene rings is 3. The molecule has 1 aliphatic heterocycles. The van der Waals surface area contributed by atoms with E-state index in [2.05, 4.69) is 0 Å². The number of Topliss-reactive ketones (excluding diaryl/α,β-unsaturated/α-hetero) is 2. The lowest BCUT2D eigenvalue weighted by Gasteiger charge is -2.08. The van der Waals surface area contributed by atoms with Gasteiger partial charge in [0.1, 0.15) is 17.2 Å². The van der Waals surface area contributed by atoms with Crippen molar-refractivity contribution in [3.8, 4) is 17.2 Å². The van der Waals surface area contributed by atoms with Crippen LogP contribution in [-0.4, -0.2) is 25.3 Å². The Hall–Kier alpha value is -3.86. The van der Waals surface area contributed by atoms with Crippen molar-refractivity contribution in [3.05, 3.63) is 94.7 Å². The van der Waals surface area contributed by atoms with E-state index < -0.39 is 0 Å². The summed E-state index contributed by atoms with van der Waals surface area (Å²) in [5, 5.41) is 0. The molecule has 4 rings (SSSR count). The molecule has 0 unspecified atom stereocenters. The highest BCUT2D eigenvalue weighted by molar-refractivity contribution is 6.15. The van der Waals surface area contributed by atoms with Gasteiger partial charge in [-0.25, -0.2) is 0 Å². The Labute approximate surface area is 174 Å². The molecule has 5 heteroatoms. The minimum absolute atomic E-state index is 0.0925. The third-order valence-electron chi connectivity index (χ3n) is 4.82. The van der Waals surface area contributed by atoms with Gasteiger partial charge < -0.3 is 14.2 Å². The standard InChI is InChI=1S/C25H20O5/c1-16-12-20(29-15-21(26)18-6-4-3-5-7-18)14-22-24(16)25(27)23(30-22)13-17-8-10-19(28-2)11-9-17/h3-14H,15H2,1-2H3/b23-13-. The Kier molecular flexibility index (Phi) is 5.35. The van der Waals surface area contributed by atoms with E-state index in [-0.39, 0.29) is 23.9 Å². The van der Waals surface area contributed by atoms with Crippen LogP contribution in [0.2, 0.25) is 0 Å². The van der Waals surface area contributed by atoms with Gasteiger partial charge in [-0.15, -0.1) is 0 Å². The van der Waals surface area contributed by atoms with Crippen LogP contribution in [0, 0.1) is 6.92 Å². The van der Waals surface area contributed by atoms with Crippen molar-refractivity contribution in [3.63, 3.8) is 0 Å². The van der Waals surface area contributed by atoms with E-state index in [1.54, 1.807) is 37.5 Å². The first-order chi connectivity index (χ1) is 14.5. The zero-order valence-corrected chi connectivity index (χ0v) is 16.7.